The van der Waals surface area contributed by atoms with Gasteiger partial charge in [0.1, 0.15) is 6.54 Å². The summed E-state index contributed by atoms with van der Waals surface area (Å²) in [6.45, 7) is 3.83. The number of benzene rings is 1. The molecule has 1 rings (SSSR count). The molecule has 4 nitrogen and oxygen atoms in total. The molecule has 0 bridgehead atoms. The lowest BCUT2D eigenvalue weighted by molar-refractivity contribution is -0.148. The number of esters is 1. The number of ether oxygens (including phenoxy) is 1. The van der Waals surface area contributed by atoms with Crippen molar-refractivity contribution in [3.8, 4) is 0 Å². The van der Waals surface area contributed by atoms with E-state index in [1.165, 1.54) is 11.0 Å². The van der Waals surface area contributed by atoms with Gasteiger partial charge in [-0.3, -0.25) is 9.59 Å². The second kappa shape index (κ2) is 7.57. The molecule has 0 saturated carbocycles. The Labute approximate surface area is 116 Å². The summed E-state index contributed by atoms with van der Waals surface area (Å²) in [5.41, 5.74) is 0.358. The Kier molecular flexibility index (Phi) is 6.09. The molecule has 0 fully saturated rings. The molecule has 0 heterocycles. The van der Waals surface area contributed by atoms with Gasteiger partial charge in [0, 0.05) is 6.54 Å². The third kappa shape index (κ3) is 4.60. The van der Waals surface area contributed by atoms with Crippen molar-refractivity contribution in [2.24, 2.45) is 0 Å². The smallest absolute Gasteiger partial charge is 0.325 e. The van der Waals surface area contributed by atoms with Gasteiger partial charge in [-0.25, -0.2) is 8.78 Å². The monoisotopic (exact) mass is 285 g/mol. The molecule has 1 aromatic rings. The minimum absolute atomic E-state index is 0.0928. The highest BCUT2D eigenvalue weighted by Gasteiger charge is 2.17. The van der Waals surface area contributed by atoms with Crippen LogP contribution in [0.5, 0.6) is 0 Å². The van der Waals surface area contributed by atoms with E-state index in [1.54, 1.807) is 13.8 Å². The first-order valence-corrected chi connectivity index (χ1v) is 6.35. The maximum absolute atomic E-state index is 13.0. The maximum Gasteiger partial charge on any atom is 0.325 e. The summed E-state index contributed by atoms with van der Waals surface area (Å²) < 4.78 is 30.6. The van der Waals surface area contributed by atoms with Crippen molar-refractivity contribution in [1.29, 1.82) is 0 Å². The van der Waals surface area contributed by atoms with Crippen molar-refractivity contribution in [3.05, 3.63) is 35.4 Å². The maximum atomic E-state index is 13.0. The van der Waals surface area contributed by atoms with Crippen molar-refractivity contribution >= 4 is 11.9 Å². The first-order valence-electron chi connectivity index (χ1n) is 6.35. The van der Waals surface area contributed by atoms with Gasteiger partial charge in [0.05, 0.1) is 13.0 Å². The molecule has 1 amide bonds. The van der Waals surface area contributed by atoms with Gasteiger partial charge < -0.3 is 9.64 Å². The lowest BCUT2D eigenvalue weighted by Gasteiger charge is -2.19. The molecule has 0 aliphatic carbocycles. The van der Waals surface area contributed by atoms with Crippen LogP contribution in [0.4, 0.5) is 8.78 Å². The Bertz CT molecular complexity index is 491. The molecule has 1 aromatic carbocycles. The highest BCUT2D eigenvalue weighted by atomic mass is 19.2. The summed E-state index contributed by atoms with van der Waals surface area (Å²) in [6, 6.07) is 3.29. The first kappa shape index (κ1) is 16.1. The predicted octanol–water partition coefficient (Wildman–Crippen LogP) is 1.92. The molecule has 0 spiro atoms. The zero-order chi connectivity index (χ0) is 15.1. The van der Waals surface area contributed by atoms with Crippen LogP contribution in [0, 0.1) is 11.6 Å². The predicted molar refractivity (Wildman–Crippen MR) is 68.9 cm³/mol. The van der Waals surface area contributed by atoms with Crippen LogP contribution in [0.3, 0.4) is 0 Å². The molecular formula is C14H17F2NO3. The number of halogens is 2. The van der Waals surface area contributed by atoms with E-state index in [2.05, 4.69) is 0 Å². The van der Waals surface area contributed by atoms with Gasteiger partial charge >= 0.3 is 5.97 Å². The minimum Gasteiger partial charge on any atom is -0.465 e. The molecule has 0 aliphatic rings. The Morgan fingerprint density at radius 2 is 1.90 bits per heavy atom. The molecule has 0 atom stereocenters. The second-order valence-electron chi connectivity index (χ2n) is 4.14. The van der Waals surface area contributed by atoms with E-state index < -0.39 is 17.6 Å². The second-order valence-corrected chi connectivity index (χ2v) is 4.14. The van der Waals surface area contributed by atoms with Crippen molar-refractivity contribution in [1.82, 2.24) is 4.90 Å². The highest BCUT2D eigenvalue weighted by molar-refractivity contribution is 5.83. The Balaban J connectivity index is 2.67. The fraction of sp³-hybridized carbons (Fsp3) is 0.429. The topological polar surface area (TPSA) is 46.6 Å². The number of nitrogens with zero attached hydrogens (tertiary/aromatic N) is 1. The van der Waals surface area contributed by atoms with E-state index in [9.17, 15) is 18.4 Å². The van der Waals surface area contributed by atoms with E-state index in [0.717, 1.165) is 12.1 Å². The summed E-state index contributed by atoms with van der Waals surface area (Å²) >= 11 is 0. The minimum atomic E-state index is -0.997. The van der Waals surface area contributed by atoms with E-state index in [4.69, 9.17) is 4.74 Å². The van der Waals surface area contributed by atoms with E-state index in [0.29, 0.717) is 12.1 Å². The Morgan fingerprint density at radius 1 is 1.20 bits per heavy atom. The largest absolute Gasteiger partial charge is 0.465 e. The van der Waals surface area contributed by atoms with Crippen molar-refractivity contribution in [2.75, 3.05) is 19.7 Å². The van der Waals surface area contributed by atoms with Crippen LogP contribution >= 0.6 is 0 Å². The molecule has 0 saturated heterocycles. The standard InChI is InChI=1S/C14H17F2NO3/c1-3-17(9-14(19)20-4-2)13(18)8-10-5-6-11(15)12(16)7-10/h5-7H,3-4,8-9H2,1-2H3. The molecule has 0 unspecified atom stereocenters. The number of carbonyl (C=O) groups is 2. The third-order valence-electron chi connectivity index (χ3n) is 2.70. The number of amides is 1. The average molecular weight is 285 g/mol. The van der Waals surface area contributed by atoms with Crippen molar-refractivity contribution < 1.29 is 23.1 Å². The van der Waals surface area contributed by atoms with Gasteiger partial charge in [-0.15, -0.1) is 0 Å². The van der Waals surface area contributed by atoms with Crippen LogP contribution < -0.4 is 0 Å². The Morgan fingerprint density at radius 3 is 2.45 bits per heavy atom. The molecule has 110 valence electrons. The van der Waals surface area contributed by atoms with Crippen LogP contribution in [0.2, 0.25) is 0 Å². The van der Waals surface area contributed by atoms with Crippen LogP contribution in [0.15, 0.2) is 18.2 Å². The molecule has 20 heavy (non-hydrogen) atoms. The lowest BCUT2D eigenvalue weighted by Crippen LogP contribution is -2.37. The van der Waals surface area contributed by atoms with Gasteiger partial charge in [0.2, 0.25) is 5.91 Å². The quantitative estimate of drug-likeness (QED) is 0.750. The van der Waals surface area contributed by atoms with Crippen LogP contribution in [-0.4, -0.2) is 36.5 Å². The summed E-state index contributed by atoms with van der Waals surface area (Å²) in [7, 11) is 0. The number of rotatable bonds is 6. The van der Waals surface area contributed by atoms with Gasteiger partial charge in [0.25, 0.3) is 0 Å². The Hall–Kier alpha value is -1.98. The molecule has 0 N–H and O–H groups in total. The fourth-order valence-corrected chi connectivity index (χ4v) is 1.67. The third-order valence-corrected chi connectivity index (χ3v) is 2.70. The zero-order valence-corrected chi connectivity index (χ0v) is 11.5. The van der Waals surface area contributed by atoms with Gasteiger partial charge in [-0.05, 0) is 31.5 Å². The number of hydrogen-bond acceptors (Lipinski definition) is 3. The molecule has 0 radical (unpaired) electrons. The molecule has 0 aromatic heterocycles. The molecular weight excluding hydrogens is 268 g/mol. The van der Waals surface area contributed by atoms with Crippen LogP contribution in [0.25, 0.3) is 0 Å². The number of likely N-dealkylation sites (N-methyl/N-ethyl adjacent to an activating group) is 1. The van der Waals surface area contributed by atoms with E-state index in [1.807, 2.05) is 0 Å². The summed E-state index contributed by atoms with van der Waals surface area (Å²) in [4.78, 5) is 24.6. The van der Waals surface area contributed by atoms with Crippen LogP contribution in [0.1, 0.15) is 19.4 Å². The summed E-state index contributed by atoms with van der Waals surface area (Å²) in [5.74, 6) is -2.79. The van der Waals surface area contributed by atoms with Crippen molar-refractivity contribution in [3.63, 3.8) is 0 Å². The van der Waals surface area contributed by atoms with Gasteiger partial charge in [-0.2, -0.15) is 0 Å². The lowest BCUT2D eigenvalue weighted by atomic mass is 10.1. The molecule has 6 heteroatoms. The van der Waals surface area contributed by atoms with Gasteiger partial charge in [0.15, 0.2) is 11.6 Å². The van der Waals surface area contributed by atoms with Crippen molar-refractivity contribution in [2.45, 2.75) is 20.3 Å². The number of hydrogen-bond donors (Lipinski definition) is 0. The normalized spacial score (nSPS) is 10.2. The number of carbonyl (C=O) groups excluding carboxylic acids is 2. The first-order chi connectivity index (χ1) is 9.47. The average Bonchev–Trinajstić information content (AvgIpc) is 2.40. The summed E-state index contributed by atoms with van der Waals surface area (Å²) in [5, 5.41) is 0. The van der Waals surface area contributed by atoms with Gasteiger partial charge in [-0.1, -0.05) is 6.07 Å². The van der Waals surface area contributed by atoms with E-state index in [-0.39, 0.29) is 25.5 Å². The zero-order valence-electron chi connectivity index (χ0n) is 11.5. The SMILES string of the molecule is CCOC(=O)CN(CC)C(=O)Cc1ccc(F)c(F)c1. The highest BCUT2D eigenvalue weighted by Crippen LogP contribution is 2.10. The summed E-state index contributed by atoms with van der Waals surface area (Å²) in [6.07, 6.45) is -0.0928. The van der Waals surface area contributed by atoms with E-state index >= 15 is 0 Å². The fourth-order valence-electron chi connectivity index (χ4n) is 1.67. The van der Waals surface area contributed by atoms with Crippen LogP contribution in [-0.2, 0) is 20.7 Å². The molecule has 0 aliphatic heterocycles.